The van der Waals surface area contributed by atoms with E-state index >= 15 is 0 Å². The van der Waals surface area contributed by atoms with Crippen molar-refractivity contribution in [1.82, 2.24) is 14.9 Å². The van der Waals surface area contributed by atoms with Gasteiger partial charge in [-0.1, -0.05) is 66.9 Å². The number of unbranched alkanes of at least 4 members (excludes halogenated alkanes) is 1. The molecule has 1 unspecified atom stereocenters. The normalized spacial score (nSPS) is 11.7. The predicted octanol–water partition coefficient (Wildman–Crippen LogP) is 8.79. The number of halogens is 3. The number of benzene rings is 4. The summed E-state index contributed by atoms with van der Waals surface area (Å²) in [6.45, 7) is 3.05. The number of aromatic nitrogens is 2. The van der Waals surface area contributed by atoms with Crippen molar-refractivity contribution in [1.29, 1.82) is 0 Å². The molecular formula is C36H32Cl2FN3O4. The van der Waals surface area contributed by atoms with Crippen LogP contribution < -0.4 is 10.1 Å². The summed E-state index contributed by atoms with van der Waals surface area (Å²) in [5.41, 5.74) is 3.54. The van der Waals surface area contributed by atoms with Gasteiger partial charge in [0.05, 0.1) is 22.3 Å². The molecule has 0 saturated carbocycles. The lowest BCUT2D eigenvalue weighted by Crippen LogP contribution is -2.32. The Morgan fingerprint density at radius 2 is 1.70 bits per heavy atom. The quantitative estimate of drug-likeness (QED) is 0.132. The van der Waals surface area contributed by atoms with Gasteiger partial charge in [0.1, 0.15) is 24.0 Å². The standard InChI is InChI=1S/C36H32Cl2FN3O4/c1-2-3-17-42-21-33(30-16-13-27(37)20-31(30)38)40-34(42)32(41-35(43)26-5-4-6-28(39)19-26)18-23-9-14-29(15-10-23)46-22-24-7-11-25(12-8-24)36(44)45/h4-16,19-21,32H,2-3,17-18,22H2,1H3,(H,41,43)(H,44,45). The number of carbonyl (C=O) groups excluding carboxylic acids is 1. The minimum absolute atomic E-state index is 0.206. The number of aromatic carboxylic acids is 1. The van der Waals surface area contributed by atoms with Crippen molar-refractivity contribution >= 4 is 35.1 Å². The van der Waals surface area contributed by atoms with E-state index in [-0.39, 0.29) is 17.7 Å². The van der Waals surface area contributed by atoms with Gasteiger partial charge in [0.15, 0.2) is 0 Å². The Morgan fingerprint density at radius 3 is 2.37 bits per heavy atom. The lowest BCUT2D eigenvalue weighted by atomic mass is 10.0. The van der Waals surface area contributed by atoms with E-state index in [1.165, 1.54) is 18.2 Å². The van der Waals surface area contributed by atoms with Crippen LogP contribution in [0, 0.1) is 5.82 Å². The van der Waals surface area contributed by atoms with Gasteiger partial charge in [-0.25, -0.2) is 14.2 Å². The first-order valence-electron chi connectivity index (χ1n) is 14.8. The van der Waals surface area contributed by atoms with Crippen LogP contribution in [0.4, 0.5) is 4.39 Å². The van der Waals surface area contributed by atoms with Crippen LogP contribution in [0.2, 0.25) is 10.0 Å². The van der Waals surface area contributed by atoms with Crippen molar-refractivity contribution in [2.24, 2.45) is 0 Å². The molecule has 10 heteroatoms. The molecule has 5 rings (SSSR count). The van der Waals surface area contributed by atoms with Gasteiger partial charge in [-0.15, -0.1) is 0 Å². The second kappa shape index (κ2) is 15.1. The molecule has 0 aliphatic carbocycles. The summed E-state index contributed by atoms with van der Waals surface area (Å²) in [6.07, 6.45) is 4.18. The first-order chi connectivity index (χ1) is 22.2. The van der Waals surface area contributed by atoms with E-state index in [1.807, 2.05) is 41.1 Å². The third kappa shape index (κ3) is 8.33. The average molecular weight is 661 g/mol. The molecule has 2 N–H and O–H groups in total. The van der Waals surface area contributed by atoms with E-state index < -0.39 is 23.7 Å². The highest BCUT2D eigenvalue weighted by molar-refractivity contribution is 6.36. The Morgan fingerprint density at radius 1 is 0.957 bits per heavy atom. The summed E-state index contributed by atoms with van der Waals surface area (Å²) in [5.74, 6) is -0.623. The molecule has 236 valence electrons. The van der Waals surface area contributed by atoms with Crippen molar-refractivity contribution in [3.05, 3.63) is 141 Å². The maximum Gasteiger partial charge on any atom is 0.335 e. The van der Waals surface area contributed by atoms with E-state index in [0.29, 0.717) is 40.3 Å². The highest BCUT2D eigenvalue weighted by Crippen LogP contribution is 2.32. The Bertz CT molecular complexity index is 1820. The van der Waals surface area contributed by atoms with Crippen molar-refractivity contribution in [3.63, 3.8) is 0 Å². The fourth-order valence-electron chi connectivity index (χ4n) is 4.99. The smallest absolute Gasteiger partial charge is 0.335 e. The zero-order chi connectivity index (χ0) is 32.6. The Balaban J connectivity index is 1.42. The highest BCUT2D eigenvalue weighted by atomic mass is 35.5. The molecule has 0 aliphatic heterocycles. The Hall–Kier alpha value is -4.66. The van der Waals surface area contributed by atoms with Crippen LogP contribution in [0.15, 0.2) is 97.2 Å². The van der Waals surface area contributed by atoms with Gasteiger partial charge in [-0.3, -0.25) is 4.79 Å². The first kappa shape index (κ1) is 32.7. The van der Waals surface area contributed by atoms with E-state index in [9.17, 15) is 14.0 Å². The van der Waals surface area contributed by atoms with Crippen LogP contribution in [-0.4, -0.2) is 26.5 Å². The molecule has 1 heterocycles. The summed E-state index contributed by atoms with van der Waals surface area (Å²) in [6, 6.07) is 24.3. The number of nitrogens with zero attached hydrogens (tertiary/aromatic N) is 2. The van der Waals surface area contributed by atoms with Crippen molar-refractivity contribution < 1.29 is 23.8 Å². The number of carbonyl (C=O) groups is 2. The molecule has 5 aromatic rings. The second-order valence-corrected chi connectivity index (χ2v) is 11.7. The molecule has 0 fully saturated rings. The number of imidazole rings is 1. The third-order valence-corrected chi connectivity index (χ3v) is 7.99. The fourth-order valence-corrected chi connectivity index (χ4v) is 5.49. The summed E-state index contributed by atoms with van der Waals surface area (Å²) in [7, 11) is 0. The molecule has 0 bridgehead atoms. The molecular weight excluding hydrogens is 628 g/mol. The number of hydrogen-bond donors (Lipinski definition) is 2. The number of amides is 1. The van der Waals surface area contributed by atoms with Crippen molar-refractivity contribution in [3.8, 4) is 17.0 Å². The number of carboxylic acid groups (broad SMARTS) is 1. The molecule has 7 nitrogen and oxygen atoms in total. The highest BCUT2D eigenvalue weighted by Gasteiger charge is 2.24. The Kier molecular flexibility index (Phi) is 10.7. The van der Waals surface area contributed by atoms with Gasteiger partial charge < -0.3 is 19.7 Å². The first-order valence-corrected chi connectivity index (χ1v) is 15.6. The Labute approximate surface area is 276 Å². The number of nitrogens with one attached hydrogen (secondary N) is 1. The van der Waals surface area contributed by atoms with Gasteiger partial charge in [-0.05, 0) is 84.6 Å². The minimum atomic E-state index is -0.980. The van der Waals surface area contributed by atoms with E-state index in [1.54, 1.807) is 42.5 Å². The lowest BCUT2D eigenvalue weighted by Gasteiger charge is -2.20. The summed E-state index contributed by atoms with van der Waals surface area (Å²) in [4.78, 5) is 29.5. The zero-order valence-electron chi connectivity index (χ0n) is 25.1. The average Bonchev–Trinajstić information content (AvgIpc) is 3.47. The number of hydrogen-bond acceptors (Lipinski definition) is 4. The zero-order valence-corrected chi connectivity index (χ0v) is 26.6. The second-order valence-electron chi connectivity index (χ2n) is 10.8. The minimum Gasteiger partial charge on any atom is -0.489 e. The van der Waals surface area contributed by atoms with Crippen LogP contribution in [0.3, 0.4) is 0 Å². The largest absolute Gasteiger partial charge is 0.489 e. The van der Waals surface area contributed by atoms with Crippen molar-refractivity contribution in [2.45, 2.75) is 45.4 Å². The predicted molar refractivity (Wildman–Crippen MR) is 177 cm³/mol. The van der Waals surface area contributed by atoms with Gasteiger partial charge >= 0.3 is 5.97 Å². The third-order valence-electron chi connectivity index (χ3n) is 7.44. The van der Waals surface area contributed by atoms with Crippen LogP contribution in [0.5, 0.6) is 5.75 Å². The maximum absolute atomic E-state index is 14.0. The molecule has 0 saturated heterocycles. The van der Waals surface area contributed by atoms with Gasteiger partial charge in [0, 0.05) is 28.9 Å². The van der Waals surface area contributed by atoms with Crippen LogP contribution >= 0.6 is 23.2 Å². The number of rotatable bonds is 13. The molecule has 0 spiro atoms. The van der Waals surface area contributed by atoms with Crippen LogP contribution in [0.25, 0.3) is 11.3 Å². The fraction of sp³-hybridized carbons (Fsp3) is 0.194. The molecule has 1 aromatic heterocycles. The molecule has 46 heavy (non-hydrogen) atoms. The molecule has 0 aliphatic rings. The molecule has 0 radical (unpaired) electrons. The van der Waals surface area contributed by atoms with Crippen LogP contribution in [-0.2, 0) is 19.6 Å². The summed E-state index contributed by atoms with van der Waals surface area (Å²) < 4.78 is 22.0. The molecule has 4 aromatic carbocycles. The monoisotopic (exact) mass is 659 g/mol. The van der Waals surface area contributed by atoms with Gasteiger partial charge in [0.25, 0.3) is 5.91 Å². The molecule has 1 atom stereocenters. The number of carboxylic acids is 1. The molecule has 1 amide bonds. The van der Waals surface area contributed by atoms with E-state index in [4.69, 9.17) is 38.0 Å². The van der Waals surface area contributed by atoms with Crippen molar-refractivity contribution in [2.75, 3.05) is 0 Å². The van der Waals surface area contributed by atoms with Crippen LogP contribution in [0.1, 0.15) is 63.5 Å². The topological polar surface area (TPSA) is 93.5 Å². The summed E-state index contributed by atoms with van der Waals surface area (Å²) in [5, 5.41) is 13.2. The van der Waals surface area contributed by atoms with E-state index in [0.717, 1.165) is 29.5 Å². The number of aryl methyl sites for hydroxylation is 1. The lowest BCUT2D eigenvalue weighted by molar-refractivity contribution is 0.0696. The SMILES string of the molecule is CCCCn1cc(-c2ccc(Cl)cc2Cl)nc1C(Cc1ccc(OCc2ccc(C(=O)O)cc2)cc1)NC(=O)c1cccc(F)c1. The van der Waals surface area contributed by atoms with E-state index in [2.05, 4.69) is 12.2 Å². The maximum atomic E-state index is 14.0. The number of ether oxygens (including phenoxy) is 1. The van der Waals surface area contributed by atoms with Gasteiger partial charge in [0.2, 0.25) is 0 Å². The van der Waals surface area contributed by atoms with Gasteiger partial charge in [-0.2, -0.15) is 0 Å². The summed E-state index contributed by atoms with van der Waals surface area (Å²) >= 11 is 12.7.